The van der Waals surface area contributed by atoms with Crippen molar-refractivity contribution in [3.63, 3.8) is 0 Å². The number of rotatable bonds is 7. The van der Waals surface area contributed by atoms with Crippen LogP contribution in [0.1, 0.15) is 65.6 Å². The molecular weight excluding hydrogens is 445 g/mol. The lowest BCUT2D eigenvalue weighted by atomic mass is 9.79. The molecule has 4 rings (SSSR count). The Balaban J connectivity index is 1.66. The van der Waals surface area contributed by atoms with E-state index >= 15 is 0 Å². The van der Waals surface area contributed by atoms with Crippen molar-refractivity contribution >= 4 is 29.9 Å². The van der Waals surface area contributed by atoms with Crippen LogP contribution in [0.4, 0.5) is 5.69 Å². The number of esters is 1. The predicted octanol–water partition coefficient (Wildman–Crippen LogP) is 3.05. The number of aliphatic imine (C=N–C) groups is 1. The number of hydrogen-bond donors (Lipinski definition) is 1. The smallest absolute Gasteiger partial charge is 0.465 e. The molecule has 2 aromatic rings. The Bertz CT molecular complexity index is 1150. The maximum atomic E-state index is 12.5. The van der Waals surface area contributed by atoms with Gasteiger partial charge in [0.25, 0.3) is 0 Å². The molecule has 2 heterocycles. The Labute approximate surface area is 206 Å². The summed E-state index contributed by atoms with van der Waals surface area (Å²) >= 11 is 0. The van der Waals surface area contributed by atoms with E-state index in [4.69, 9.17) is 24.8 Å². The maximum Gasteiger partial charge on any atom is 0.494 e. The van der Waals surface area contributed by atoms with E-state index in [-0.39, 0.29) is 23.5 Å². The van der Waals surface area contributed by atoms with Gasteiger partial charge in [-0.15, -0.1) is 5.10 Å². The van der Waals surface area contributed by atoms with Crippen LogP contribution in [0.3, 0.4) is 0 Å². The van der Waals surface area contributed by atoms with Gasteiger partial charge in [-0.25, -0.2) is 9.48 Å². The highest BCUT2D eigenvalue weighted by Crippen LogP contribution is 2.49. The zero-order chi connectivity index (χ0) is 25.5. The standard InChI is InChI=1S/C25H34BN5O4/c1-15(2)31-14-21(29-30-31)18-12-19(18)22(20(13-27)23(32)33-7)28-17-10-8-9-16(11-17)26-34-24(3,4)25(5,6)35-26/h8-11,13-15,18-19H,12,27H2,1-7H3/t18-,19?/m0/s1. The van der Waals surface area contributed by atoms with E-state index < -0.39 is 24.3 Å². The molecule has 10 heteroatoms. The van der Waals surface area contributed by atoms with Crippen LogP contribution < -0.4 is 11.2 Å². The van der Waals surface area contributed by atoms with Crippen LogP contribution in [-0.2, 0) is 18.8 Å². The quantitative estimate of drug-likeness (QED) is 0.281. The van der Waals surface area contributed by atoms with Gasteiger partial charge in [0.05, 0.1) is 41.0 Å². The lowest BCUT2D eigenvalue weighted by molar-refractivity contribution is -0.135. The molecule has 0 bridgehead atoms. The van der Waals surface area contributed by atoms with Crippen LogP contribution in [0.15, 0.2) is 47.2 Å². The molecule has 1 aliphatic carbocycles. The second-order valence-electron chi connectivity index (χ2n) is 10.4. The van der Waals surface area contributed by atoms with Crippen molar-refractivity contribution in [2.24, 2.45) is 16.6 Å². The Hall–Kier alpha value is -2.98. The summed E-state index contributed by atoms with van der Waals surface area (Å²) in [6.45, 7) is 12.2. The second kappa shape index (κ2) is 9.24. The molecule has 9 nitrogen and oxygen atoms in total. The molecule has 1 saturated heterocycles. The Morgan fingerprint density at radius 1 is 1.29 bits per heavy atom. The first-order valence-electron chi connectivity index (χ1n) is 11.9. The van der Waals surface area contributed by atoms with Crippen molar-refractivity contribution in [2.45, 2.75) is 71.1 Å². The minimum atomic E-state index is -0.523. The fraction of sp³-hybridized carbons (Fsp3) is 0.520. The average molecular weight is 479 g/mol. The molecule has 0 radical (unpaired) electrons. The number of carbonyl (C=O) groups excluding carboxylic acids is 1. The van der Waals surface area contributed by atoms with Gasteiger partial charge >= 0.3 is 13.1 Å². The third-order valence-corrected chi connectivity index (χ3v) is 7.07. The van der Waals surface area contributed by atoms with E-state index in [0.717, 1.165) is 17.6 Å². The molecule has 1 unspecified atom stereocenters. The van der Waals surface area contributed by atoms with Crippen LogP contribution in [-0.4, -0.2) is 52.1 Å². The first kappa shape index (κ1) is 25.1. The molecule has 1 aromatic heterocycles. The van der Waals surface area contributed by atoms with Gasteiger partial charge in [0.15, 0.2) is 0 Å². The van der Waals surface area contributed by atoms with Crippen LogP contribution in [0, 0.1) is 5.92 Å². The molecule has 1 saturated carbocycles. The number of hydrogen-bond acceptors (Lipinski definition) is 8. The van der Waals surface area contributed by atoms with Crippen LogP contribution in [0.2, 0.25) is 0 Å². The van der Waals surface area contributed by atoms with E-state index in [1.807, 2.05) is 62.8 Å². The van der Waals surface area contributed by atoms with Crippen molar-refractivity contribution < 1.29 is 18.8 Å². The second-order valence-corrected chi connectivity index (χ2v) is 10.4. The number of methoxy groups -OCH3 is 1. The summed E-state index contributed by atoms with van der Waals surface area (Å²) in [7, 11) is 0.824. The number of aromatic nitrogens is 3. The first-order chi connectivity index (χ1) is 16.5. The Morgan fingerprint density at radius 3 is 2.54 bits per heavy atom. The SMILES string of the molecule is COC(=O)C(=CN)C(=Nc1cccc(B2OC(C)(C)C(C)(C)O2)c1)C1C[C@@H]1c1cn(C(C)C)nn1. The van der Waals surface area contributed by atoms with E-state index in [2.05, 4.69) is 24.2 Å². The molecule has 0 spiro atoms. The first-order valence-corrected chi connectivity index (χ1v) is 11.9. The van der Waals surface area contributed by atoms with Crippen LogP contribution in [0.25, 0.3) is 0 Å². The number of nitrogens with two attached hydrogens (primary N) is 1. The molecule has 1 aliphatic heterocycles. The van der Waals surface area contributed by atoms with E-state index in [1.165, 1.54) is 13.3 Å². The summed E-state index contributed by atoms with van der Waals surface area (Å²) in [5, 5.41) is 8.56. The molecular formula is C25H34BN5O4. The van der Waals surface area contributed by atoms with Crippen molar-refractivity contribution in [3.8, 4) is 0 Å². The highest BCUT2D eigenvalue weighted by Gasteiger charge is 2.52. The average Bonchev–Trinajstić information content (AvgIpc) is 3.36. The van der Waals surface area contributed by atoms with E-state index in [0.29, 0.717) is 11.4 Å². The van der Waals surface area contributed by atoms with Gasteiger partial charge in [0, 0.05) is 30.3 Å². The fourth-order valence-corrected chi connectivity index (χ4v) is 4.11. The van der Waals surface area contributed by atoms with Crippen LogP contribution in [0.5, 0.6) is 0 Å². The molecule has 1 aromatic carbocycles. The largest absolute Gasteiger partial charge is 0.494 e. The number of nitrogens with zero attached hydrogens (tertiary/aromatic N) is 4. The molecule has 35 heavy (non-hydrogen) atoms. The zero-order valence-electron chi connectivity index (χ0n) is 21.5. The summed E-state index contributed by atoms with van der Waals surface area (Å²) in [5.74, 6) is -0.446. The zero-order valence-corrected chi connectivity index (χ0v) is 21.5. The summed E-state index contributed by atoms with van der Waals surface area (Å²) in [6, 6.07) is 7.87. The molecule has 0 amide bonds. The maximum absolute atomic E-state index is 12.5. The fourth-order valence-electron chi connectivity index (χ4n) is 4.11. The van der Waals surface area contributed by atoms with Crippen molar-refractivity contribution in [2.75, 3.05) is 7.11 Å². The summed E-state index contributed by atoms with van der Waals surface area (Å²) in [5.41, 5.74) is 8.21. The monoisotopic (exact) mass is 479 g/mol. The third kappa shape index (κ3) is 4.90. The lowest BCUT2D eigenvalue weighted by Gasteiger charge is -2.32. The topological polar surface area (TPSA) is 114 Å². The van der Waals surface area contributed by atoms with Crippen molar-refractivity contribution in [1.29, 1.82) is 0 Å². The number of carbonyl (C=O) groups is 1. The molecule has 2 N–H and O–H groups in total. The lowest BCUT2D eigenvalue weighted by Crippen LogP contribution is -2.41. The van der Waals surface area contributed by atoms with Crippen molar-refractivity contribution in [3.05, 3.63) is 47.9 Å². The third-order valence-electron chi connectivity index (χ3n) is 7.07. The normalized spacial score (nSPS) is 23.6. The van der Waals surface area contributed by atoms with E-state index in [1.54, 1.807) is 0 Å². The minimum Gasteiger partial charge on any atom is -0.465 e. The Morgan fingerprint density at radius 2 is 1.97 bits per heavy atom. The predicted molar refractivity (Wildman–Crippen MR) is 135 cm³/mol. The van der Waals surface area contributed by atoms with Gasteiger partial charge in [-0.3, -0.25) is 4.99 Å². The van der Waals surface area contributed by atoms with Gasteiger partial charge in [-0.05, 0) is 65.6 Å². The number of ether oxygens (including phenoxy) is 1. The molecule has 186 valence electrons. The molecule has 2 fully saturated rings. The Kier molecular flexibility index (Phi) is 6.63. The van der Waals surface area contributed by atoms with Gasteiger partial charge in [0.1, 0.15) is 0 Å². The van der Waals surface area contributed by atoms with Crippen molar-refractivity contribution in [1.82, 2.24) is 15.0 Å². The van der Waals surface area contributed by atoms with Gasteiger partial charge in [0.2, 0.25) is 0 Å². The summed E-state index contributed by atoms with van der Waals surface area (Å²) in [4.78, 5) is 17.4. The van der Waals surface area contributed by atoms with Gasteiger partial charge in [-0.2, -0.15) is 0 Å². The molecule has 2 aliphatic rings. The van der Waals surface area contributed by atoms with E-state index in [9.17, 15) is 4.79 Å². The molecule has 2 atom stereocenters. The number of benzene rings is 1. The van der Waals surface area contributed by atoms with Gasteiger partial charge in [-0.1, -0.05) is 17.3 Å². The highest BCUT2D eigenvalue weighted by molar-refractivity contribution is 6.62. The van der Waals surface area contributed by atoms with Crippen LogP contribution >= 0.6 is 0 Å². The summed E-state index contributed by atoms with van der Waals surface area (Å²) < 4.78 is 19.2. The van der Waals surface area contributed by atoms with Gasteiger partial charge < -0.3 is 19.8 Å². The highest BCUT2D eigenvalue weighted by atomic mass is 16.7. The minimum absolute atomic E-state index is 0.0262. The summed E-state index contributed by atoms with van der Waals surface area (Å²) in [6.07, 6.45) is 4.01.